The first kappa shape index (κ1) is 18.6. The number of phenolic OH excluding ortho intramolecular Hbond substituents is 1. The molecule has 2 heterocycles. The molecule has 7 nitrogen and oxygen atoms in total. The Labute approximate surface area is 171 Å². The Morgan fingerprint density at radius 1 is 1.29 bits per heavy atom. The van der Waals surface area contributed by atoms with Crippen molar-refractivity contribution in [2.45, 2.75) is 18.3 Å². The molecule has 9 heteroatoms. The molecule has 0 amide bonds. The van der Waals surface area contributed by atoms with Gasteiger partial charge < -0.3 is 19.9 Å². The number of benzene rings is 2. The number of para-hydroxylation sites is 1. The van der Waals surface area contributed by atoms with Crippen LogP contribution in [0.25, 0.3) is 11.3 Å². The fraction of sp³-hybridized carbons (Fsp3) is 0.211. The van der Waals surface area contributed by atoms with E-state index in [1.54, 1.807) is 12.1 Å². The van der Waals surface area contributed by atoms with Gasteiger partial charge >= 0.3 is 0 Å². The van der Waals surface area contributed by atoms with Crippen LogP contribution in [-0.2, 0) is 0 Å². The van der Waals surface area contributed by atoms with E-state index in [9.17, 15) is 5.11 Å². The lowest BCUT2D eigenvalue weighted by Gasteiger charge is -2.20. The summed E-state index contributed by atoms with van der Waals surface area (Å²) < 4.78 is 11.4. The molecule has 0 unspecified atom stereocenters. The van der Waals surface area contributed by atoms with Gasteiger partial charge in [0.05, 0.1) is 12.1 Å². The maximum Gasteiger partial charge on any atom is 0.247 e. The number of aromatic nitrogens is 3. The molecule has 0 bridgehead atoms. The largest absolute Gasteiger partial charge is 0.503 e. The molecule has 0 aliphatic carbocycles. The van der Waals surface area contributed by atoms with Crippen molar-refractivity contribution in [3.05, 3.63) is 47.0 Å². The highest BCUT2D eigenvalue weighted by molar-refractivity contribution is 7.99. The fourth-order valence-electron chi connectivity index (χ4n) is 2.89. The topological polar surface area (TPSA) is 89.4 Å². The Morgan fingerprint density at radius 3 is 2.89 bits per heavy atom. The molecule has 144 valence electrons. The fourth-order valence-corrected chi connectivity index (χ4v) is 3.61. The lowest BCUT2D eigenvalue weighted by molar-refractivity contribution is 0.224. The van der Waals surface area contributed by atoms with E-state index in [4.69, 9.17) is 21.1 Å². The number of nitrogens with one attached hydrogen (secondary N) is 1. The van der Waals surface area contributed by atoms with Crippen LogP contribution in [0, 0.1) is 0 Å². The van der Waals surface area contributed by atoms with Crippen LogP contribution in [0.2, 0.25) is 5.02 Å². The zero-order valence-electron chi connectivity index (χ0n) is 15.1. The lowest BCUT2D eigenvalue weighted by Crippen LogP contribution is -2.17. The molecule has 1 aliphatic rings. The minimum absolute atomic E-state index is 0.118. The number of rotatable bonds is 4. The van der Waals surface area contributed by atoms with E-state index in [2.05, 4.69) is 20.5 Å². The molecule has 1 aliphatic heterocycles. The van der Waals surface area contributed by atoms with E-state index in [-0.39, 0.29) is 16.5 Å². The number of hydrogen-bond acceptors (Lipinski definition) is 8. The van der Waals surface area contributed by atoms with E-state index < -0.39 is 6.23 Å². The van der Waals surface area contributed by atoms with Gasteiger partial charge in [-0.25, -0.2) is 0 Å². The minimum atomic E-state index is -0.620. The third kappa shape index (κ3) is 3.41. The molecule has 4 rings (SSSR count). The van der Waals surface area contributed by atoms with Gasteiger partial charge in [0.2, 0.25) is 11.0 Å². The normalized spacial score (nSPS) is 14.9. The van der Waals surface area contributed by atoms with Gasteiger partial charge in [0, 0.05) is 16.8 Å². The van der Waals surface area contributed by atoms with Gasteiger partial charge in [-0.1, -0.05) is 48.5 Å². The molecule has 0 spiro atoms. The number of anilines is 1. The smallest absolute Gasteiger partial charge is 0.247 e. The summed E-state index contributed by atoms with van der Waals surface area (Å²) in [6, 6.07) is 11.0. The van der Waals surface area contributed by atoms with Crippen molar-refractivity contribution >= 4 is 29.1 Å². The molecular weight excluding hydrogens is 400 g/mol. The van der Waals surface area contributed by atoms with Crippen LogP contribution in [0.4, 0.5) is 5.69 Å². The zero-order chi connectivity index (χ0) is 19.7. The van der Waals surface area contributed by atoms with Gasteiger partial charge in [-0.05, 0) is 24.0 Å². The average molecular weight is 417 g/mol. The first-order chi connectivity index (χ1) is 13.6. The molecule has 2 N–H and O–H groups in total. The van der Waals surface area contributed by atoms with Gasteiger partial charge in [0.1, 0.15) is 0 Å². The minimum Gasteiger partial charge on any atom is -0.503 e. The molecule has 0 saturated carbocycles. The van der Waals surface area contributed by atoms with Gasteiger partial charge in [0.25, 0.3) is 0 Å². The summed E-state index contributed by atoms with van der Waals surface area (Å²) >= 11 is 7.65. The predicted molar refractivity (Wildman–Crippen MR) is 108 cm³/mol. The average Bonchev–Trinajstić information content (AvgIpc) is 2.86. The maximum absolute atomic E-state index is 10.0. The maximum atomic E-state index is 10.0. The highest BCUT2D eigenvalue weighted by Gasteiger charge is 2.27. The van der Waals surface area contributed by atoms with E-state index in [1.807, 2.05) is 31.2 Å². The molecular formula is C19H17ClN4O3S. The zero-order valence-corrected chi connectivity index (χ0v) is 16.7. The third-order valence-corrected chi connectivity index (χ3v) is 5.19. The summed E-state index contributed by atoms with van der Waals surface area (Å²) in [4.78, 5) is 4.53. The summed E-state index contributed by atoms with van der Waals surface area (Å²) in [5.41, 5.74) is 2.89. The number of phenols is 1. The Kier molecular flexibility index (Phi) is 5.15. The van der Waals surface area contributed by atoms with Crippen LogP contribution in [-0.4, -0.2) is 33.2 Å². The number of nitrogens with zero attached hydrogens (tertiary/aromatic N) is 3. The van der Waals surface area contributed by atoms with Gasteiger partial charge in [-0.2, -0.15) is 4.98 Å². The standard InChI is InChI=1S/C19H17ClN4O3S/c1-3-28-19-22-18-15(23-24-19)11-6-4-5-7-13(11)21-17(27-18)10-8-12(20)16(25)14(9-10)26-2/h4-9,17,21,25H,3H2,1-2H3/t17-/m0/s1. The number of hydrogen-bond donors (Lipinski definition) is 2. The van der Waals surface area contributed by atoms with Crippen molar-refractivity contribution in [3.8, 4) is 28.6 Å². The summed E-state index contributed by atoms with van der Waals surface area (Å²) in [7, 11) is 1.46. The molecule has 2 aromatic carbocycles. The number of ether oxygens (including phenoxy) is 2. The van der Waals surface area contributed by atoms with Crippen LogP contribution >= 0.6 is 23.4 Å². The molecule has 0 saturated heterocycles. The second-order valence-corrected chi connectivity index (χ2v) is 7.56. The van der Waals surface area contributed by atoms with E-state index in [0.29, 0.717) is 22.3 Å². The van der Waals surface area contributed by atoms with Crippen LogP contribution in [0.15, 0.2) is 41.6 Å². The molecule has 0 radical (unpaired) electrons. The number of thioether (sulfide) groups is 1. The molecule has 1 aromatic heterocycles. The Bertz CT molecular complexity index is 1030. The molecule has 28 heavy (non-hydrogen) atoms. The Balaban J connectivity index is 1.84. The van der Waals surface area contributed by atoms with Crippen LogP contribution in [0.1, 0.15) is 18.7 Å². The second kappa shape index (κ2) is 7.73. The van der Waals surface area contributed by atoms with Crippen LogP contribution in [0.3, 0.4) is 0 Å². The molecule has 3 aromatic rings. The summed E-state index contributed by atoms with van der Waals surface area (Å²) in [6.07, 6.45) is -0.620. The Hall–Kier alpha value is -2.71. The highest BCUT2D eigenvalue weighted by Crippen LogP contribution is 2.42. The van der Waals surface area contributed by atoms with Crippen molar-refractivity contribution in [2.75, 3.05) is 18.2 Å². The number of fused-ring (bicyclic) bond motifs is 3. The summed E-state index contributed by atoms with van der Waals surface area (Å²) in [5, 5.41) is 22.6. The number of halogens is 1. The van der Waals surface area contributed by atoms with Crippen molar-refractivity contribution in [3.63, 3.8) is 0 Å². The Morgan fingerprint density at radius 2 is 2.11 bits per heavy atom. The van der Waals surface area contributed by atoms with Crippen molar-refractivity contribution < 1.29 is 14.6 Å². The lowest BCUT2D eigenvalue weighted by atomic mass is 10.1. The first-order valence-corrected chi connectivity index (χ1v) is 9.93. The van der Waals surface area contributed by atoms with Gasteiger partial charge in [-0.3, -0.25) is 0 Å². The van der Waals surface area contributed by atoms with E-state index >= 15 is 0 Å². The monoisotopic (exact) mass is 416 g/mol. The predicted octanol–water partition coefficient (Wildman–Crippen LogP) is 4.52. The van der Waals surface area contributed by atoms with Gasteiger partial charge in [-0.15, -0.1) is 10.2 Å². The summed E-state index contributed by atoms with van der Waals surface area (Å²) in [5.74, 6) is 1.34. The summed E-state index contributed by atoms with van der Waals surface area (Å²) in [6.45, 7) is 2.02. The van der Waals surface area contributed by atoms with E-state index in [0.717, 1.165) is 17.0 Å². The van der Waals surface area contributed by atoms with E-state index in [1.165, 1.54) is 18.9 Å². The quantitative estimate of drug-likeness (QED) is 0.600. The van der Waals surface area contributed by atoms with Crippen molar-refractivity contribution in [2.24, 2.45) is 0 Å². The number of aromatic hydroxyl groups is 1. The second-order valence-electron chi connectivity index (χ2n) is 5.92. The van der Waals surface area contributed by atoms with Crippen molar-refractivity contribution in [1.82, 2.24) is 15.2 Å². The SMILES string of the molecule is CCSc1nnc2c(n1)O[C@@H](c1cc(Cl)c(O)c(OC)c1)Nc1ccccc1-2. The highest BCUT2D eigenvalue weighted by atomic mass is 35.5. The number of methoxy groups -OCH3 is 1. The van der Waals surface area contributed by atoms with Crippen molar-refractivity contribution in [1.29, 1.82) is 0 Å². The first-order valence-electron chi connectivity index (χ1n) is 8.57. The third-order valence-electron chi connectivity index (χ3n) is 4.18. The molecule has 1 atom stereocenters. The van der Waals surface area contributed by atoms with Gasteiger partial charge in [0.15, 0.2) is 23.4 Å². The molecule has 0 fully saturated rings. The van der Waals surface area contributed by atoms with Crippen LogP contribution in [0.5, 0.6) is 17.4 Å². The van der Waals surface area contributed by atoms with Crippen LogP contribution < -0.4 is 14.8 Å².